The van der Waals surface area contributed by atoms with Crippen molar-refractivity contribution in [1.82, 2.24) is 30.2 Å². The van der Waals surface area contributed by atoms with Crippen LogP contribution in [0.25, 0.3) is 22.2 Å². The summed E-state index contributed by atoms with van der Waals surface area (Å²) in [6.07, 6.45) is 1.22. The fourth-order valence-corrected chi connectivity index (χ4v) is 5.14. The number of nitrogens with one attached hydrogen (secondary N) is 2. The van der Waals surface area contributed by atoms with Gasteiger partial charge in [0.15, 0.2) is 5.54 Å². The molecular formula is C28H27Cl2FN6O4. The molecule has 10 nitrogen and oxygen atoms in total. The maximum Gasteiger partial charge on any atom is 0.410 e. The van der Waals surface area contributed by atoms with Gasteiger partial charge < -0.3 is 19.9 Å². The molecule has 3 heterocycles. The van der Waals surface area contributed by atoms with Gasteiger partial charge in [-0.15, -0.1) is 5.10 Å². The second kappa shape index (κ2) is 10.8. The molecule has 41 heavy (non-hydrogen) atoms. The molecule has 0 saturated carbocycles. The van der Waals surface area contributed by atoms with Crippen LogP contribution in [0.3, 0.4) is 0 Å². The van der Waals surface area contributed by atoms with Crippen molar-refractivity contribution in [2.75, 3.05) is 13.1 Å². The number of amides is 2. The molecule has 5 rings (SSSR count). The Bertz CT molecular complexity index is 1720. The minimum atomic E-state index is -1.36. The standard InChI is InChI=1S/C28H27Cl2FN6O4/c1-27(2,3)41-26(40)36-10-9-28(15-36,37-14-22(34-35-37)19-5-4-6-20(29)23(19)30)25(39)32-13-17-11-16-7-8-18(31)12-21(16)33-24(17)38/h4-8,11-12,14H,9-10,13,15H2,1-3H3,(H,32,39)(H,33,38). The van der Waals surface area contributed by atoms with Crippen LogP contribution in [0.2, 0.25) is 10.0 Å². The molecule has 0 spiro atoms. The number of rotatable bonds is 5. The first-order valence-electron chi connectivity index (χ1n) is 12.8. The van der Waals surface area contributed by atoms with Crippen molar-refractivity contribution < 1.29 is 18.7 Å². The van der Waals surface area contributed by atoms with Crippen LogP contribution in [0.4, 0.5) is 9.18 Å². The molecule has 0 aliphatic carbocycles. The molecular weight excluding hydrogens is 574 g/mol. The van der Waals surface area contributed by atoms with E-state index < -0.39 is 34.5 Å². The number of ether oxygens (including phenoxy) is 1. The van der Waals surface area contributed by atoms with Crippen molar-refractivity contribution in [3.8, 4) is 11.3 Å². The van der Waals surface area contributed by atoms with E-state index in [4.69, 9.17) is 27.9 Å². The average molecular weight is 601 g/mol. The molecule has 13 heteroatoms. The molecule has 1 aliphatic rings. The zero-order valence-electron chi connectivity index (χ0n) is 22.5. The summed E-state index contributed by atoms with van der Waals surface area (Å²) in [5.74, 6) is -0.950. The van der Waals surface area contributed by atoms with E-state index in [1.165, 1.54) is 21.7 Å². The van der Waals surface area contributed by atoms with Crippen molar-refractivity contribution in [1.29, 1.82) is 0 Å². The summed E-state index contributed by atoms with van der Waals surface area (Å²) in [6.45, 7) is 5.33. The highest BCUT2D eigenvalue weighted by Gasteiger charge is 2.49. The second-order valence-electron chi connectivity index (χ2n) is 10.9. The number of carbonyl (C=O) groups is 2. The molecule has 2 N–H and O–H groups in total. The van der Waals surface area contributed by atoms with E-state index in [0.29, 0.717) is 27.2 Å². The molecule has 1 fully saturated rings. The topological polar surface area (TPSA) is 122 Å². The van der Waals surface area contributed by atoms with Crippen molar-refractivity contribution in [2.24, 2.45) is 0 Å². The van der Waals surface area contributed by atoms with Crippen LogP contribution in [0.5, 0.6) is 0 Å². The van der Waals surface area contributed by atoms with Gasteiger partial charge in [-0.05, 0) is 56.5 Å². The van der Waals surface area contributed by atoms with Crippen molar-refractivity contribution in [3.05, 3.63) is 80.4 Å². The maximum absolute atomic E-state index is 13.9. The first kappa shape index (κ1) is 28.6. The summed E-state index contributed by atoms with van der Waals surface area (Å²) in [6, 6.07) is 10.8. The third-order valence-corrected chi connectivity index (χ3v) is 7.62. The third-order valence-electron chi connectivity index (χ3n) is 6.81. The van der Waals surface area contributed by atoms with E-state index in [2.05, 4.69) is 20.6 Å². The summed E-state index contributed by atoms with van der Waals surface area (Å²) in [5.41, 5.74) is -1.01. The molecule has 4 aromatic rings. The lowest BCUT2D eigenvalue weighted by Gasteiger charge is -2.29. The fraction of sp³-hybridized carbons (Fsp3) is 0.321. The van der Waals surface area contributed by atoms with Gasteiger partial charge in [0.1, 0.15) is 17.1 Å². The monoisotopic (exact) mass is 600 g/mol. The van der Waals surface area contributed by atoms with Crippen LogP contribution in [-0.2, 0) is 21.6 Å². The Morgan fingerprint density at radius 2 is 1.98 bits per heavy atom. The highest BCUT2D eigenvalue weighted by Crippen LogP contribution is 2.35. The van der Waals surface area contributed by atoms with E-state index in [9.17, 15) is 18.8 Å². The quantitative estimate of drug-likeness (QED) is 0.336. The molecule has 2 amide bonds. The molecule has 1 atom stereocenters. The number of H-pyrrole nitrogens is 1. The number of halogens is 3. The second-order valence-corrected chi connectivity index (χ2v) is 11.7. The lowest BCUT2D eigenvalue weighted by atomic mass is 9.97. The fourth-order valence-electron chi connectivity index (χ4n) is 4.74. The van der Waals surface area contributed by atoms with Gasteiger partial charge in [0.2, 0.25) is 5.91 Å². The Morgan fingerprint density at radius 3 is 2.73 bits per heavy atom. The number of pyridine rings is 1. The molecule has 1 unspecified atom stereocenters. The van der Waals surface area contributed by atoms with Gasteiger partial charge in [-0.25, -0.2) is 13.9 Å². The van der Waals surface area contributed by atoms with Crippen molar-refractivity contribution in [2.45, 2.75) is 44.9 Å². The number of benzene rings is 2. The molecule has 1 saturated heterocycles. The number of nitrogens with zero attached hydrogens (tertiary/aromatic N) is 4. The smallest absolute Gasteiger partial charge is 0.410 e. The summed E-state index contributed by atoms with van der Waals surface area (Å²) >= 11 is 12.6. The van der Waals surface area contributed by atoms with E-state index in [1.807, 2.05) is 0 Å². The molecule has 214 valence electrons. The first-order valence-corrected chi connectivity index (χ1v) is 13.6. The summed E-state index contributed by atoms with van der Waals surface area (Å²) in [5, 5.41) is 12.6. The van der Waals surface area contributed by atoms with Gasteiger partial charge in [0, 0.05) is 30.6 Å². The predicted octanol–water partition coefficient (Wildman–Crippen LogP) is 4.89. The molecule has 2 aromatic heterocycles. The van der Waals surface area contributed by atoms with E-state index in [1.54, 1.807) is 57.3 Å². The minimum absolute atomic E-state index is 0.0484. The summed E-state index contributed by atoms with van der Waals surface area (Å²) in [7, 11) is 0. The predicted molar refractivity (Wildman–Crippen MR) is 152 cm³/mol. The minimum Gasteiger partial charge on any atom is -0.444 e. The Kier molecular flexibility index (Phi) is 7.52. The SMILES string of the molecule is CC(C)(C)OC(=O)N1CCC(C(=O)NCc2cc3ccc(F)cc3[nH]c2=O)(n2cc(-c3cccc(Cl)c3Cl)nn2)C1. The van der Waals surface area contributed by atoms with E-state index >= 15 is 0 Å². The zero-order valence-corrected chi connectivity index (χ0v) is 24.0. The Morgan fingerprint density at radius 1 is 1.20 bits per heavy atom. The number of hydrogen-bond donors (Lipinski definition) is 2. The Hall–Kier alpha value is -3.96. The summed E-state index contributed by atoms with van der Waals surface area (Å²) in [4.78, 5) is 43.6. The van der Waals surface area contributed by atoms with Crippen LogP contribution < -0.4 is 10.9 Å². The van der Waals surface area contributed by atoms with Crippen LogP contribution in [0.1, 0.15) is 32.8 Å². The zero-order chi connectivity index (χ0) is 29.5. The summed E-state index contributed by atoms with van der Waals surface area (Å²) < 4.78 is 20.5. The number of aromatic amines is 1. The third kappa shape index (κ3) is 5.77. The van der Waals surface area contributed by atoms with Gasteiger partial charge in [0.25, 0.3) is 5.56 Å². The normalized spacial score (nSPS) is 17.2. The number of hydrogen-bond acceptors (Lipinski definition) is 6. The van der Waals surface area contributed by atoms with Crippen LogP contribution in [0, 0.1) is 5.82 Å². The molecule has 2 aromatic carbocycles. The van der Waals surface area contributed by atoms with Gasteiger partial charge in [-0.1, -0.05) is 40.5 Å². The number of fused-ring (bicyclic) bond motifs is 1. The Balaban J connectivity index is 1.46. The van der Waals surface area contributed by atoms with Gasteiger partial charge >= 0.3 is 6.09 Å². The molecule has 0 bridgehead atoms. The molecule has 1 aliphatic heterocycles. The lowest BCUT2D eigenvalue weighted by molar-refractivity contribution is -0.130. The van der Waals surface area contributed by atoms with Gasteiger partial charge in [0.05, 0.1) is 28.3 Å². The van der Waals surface area contributed by atoms with Crippen LogP contribution >= 0.6 is 23.2 Å². The number of likely N-dealkylation sites (tertiary alicyclic amines) is 1. The van der Waals surface area contributed by atoms with E-state index in [-0.39, 0.29) is 36.6 Å². The van der Waals surface area contributed by atoms with Crippen molar-refractivity contribution >= 4 is 46.1 Å². The van der Waals surface area contributed by atoms with Crippen LogP contribution in [0.15, 0.2) is 53.5 Å². The largest absolute Gasteiger partial charge is 0.444 e. The lowest BCUT2D eigenvalue weighted by Crippen LogP contribution is -2.51. The average Bonchev–Trinajstić information content (AvgIpc) is 3.57. The highest BCUT2D eigenvalue weighted by atomic mass is 35.5. The Labute approximate surface area is 244 Å². The van der Waals surface area contributed by atoms with Crippen LogP contribution in [-0.4, -0.2) is 55.6 Å². The maximum atomic E-state index is 13.9. The number of aromatic nitrogens is 4. The van der Waals surface area contributed by atoms with E-state index in [0.717, 1.165) is 0 Å². The van der Waals surface area contributed by atoms with Gasteiger partial charge in [-0.3, -0.25) is 9.59 Å². The molecule has 0 radical (unpaired) electrons. The van der Waals surface area contributed by atoms with Crippen molar-refractivity contribution in [3.63, 3.8) is 0 Å². The van der Waals surface area contributed by atoms with Gasteiger partial charge in [-0.2, -0.15) is 0 Å². The highest BCUT2D eigenvalue weighted by molar-refractivity contribution is 6.43. The first-order chi connectivity index (χ1) is 19.4. The number of carbonyl (C=O) groups excluding carboxylic acids is 2.